The van der Waals surface area contributed by atoms with Crippen molar-refractivity contribution >= 4 is 5.78 Å². The molecular formula is C17H27NO. The van der Waals surface area contributed by atoms with Gasteiger partial charge in [0.2, 0.25) is 0 Å². The lowest BCUT2D eigenvalue weighted by Gasteiger charge is -2.22. The van der Waals surface area contributed by atoms with Crippen molar-refractivity contribution < 1.29 is 4.79 Å². The minimum absolute atomic E-state index is 0.0300. The first-order chi connectivity index (χ1) is 8.67. The van der Waals surface area contributed by atoms with Crippen LogP contribution in [0.5, 0.6) is 0 Å². The molecule has 0 saturated carbocycles. The van der Waals surface area contributed by atoms with Crippen LogP contribution in [0.3, 0.4) is 0 Å². The number of carbonyl (C=O) groups excluding carboxylic acids is 1. The van der Waals surface area contributed by atoms with E-state index in [0.717, 1.165) is 12.0 Å². The molecule has 1 aromatic carbocycles. The summed E-state index contributed by atoms with van der Waals surface area (Å²) in [6.45, 7) is 10.6. The first-order valence-corrected chi connectivity index (χ1v) is 7.01. The molecule has 0 spiro atoms. The lowest BCUT2D eigenvalue weighted by atomic mass is 9.86. The molecule has 1 aromatic rings. The van der Waals surface area contributed by atoms with Crippen molar-refractivity contribution in [1.82, 2.24) is 0 Å². The minimum Gasteiger partial charge on any atom is -0.327 e. The van der Waals surface area contributed by atoms with Gasteiger partial charge >= 0.3 is 0 Å². The van der Waals surface area contributed by atoms with Gasteiger partial charge in [-0.3, -0.25) is 4.79 Å². The standard InChI is InChI=1S/C17H27NO/c1-12-6-7-13(2)14(8-12)9-16(19)10-15(18)11-17(3,4)5/h6-8,15H,9-11,18H2,1-5H3. The van der Waals surface area contributed by atoms with Gasteiger partial charge in [-0.25, -0.2) is 0 Å². The highest BCUT2D eigenvalue weighted by molar-refractivity contribution is 5.81. The van der Waals surface area contributed by atoms with Crippen LogP contribution in [0.15, 0.2) is 18.2 Å². The number of ketones is 1. The molecule has 0 aliphatic rings. The molecule has 2 N–H and O–H groups in total. The van der Waals surface area contributed by atoms with Crippen LogP contribution in [0.25, 0.3) is 0 Å². The van der Waals surface area contributed by atoms with Crippen LogP contribution in [0.2, 0.25) is 0 Å². The summed E-state index contributed by atoms with van der Waals surface area (Å²) < 4.78 is 0. The Morgan fingerprint density at radius 2 is 1.89 bits per heavy atom. The van der Waals surface area contributed by atoms with Crippen LogP contribution in [0.1, 0.15) is 50.3 Å². The van der Waals surface area contributed by atoms with E-state index >= 15 is 0 Å². The van der Waals surface area contributed by atoms with E-state index in [1.807, 2.05) is 0 Å². The fraction of sp³-hybridized carbons (Fsp3) is 0.588. The van der Waals surface area contributed by atoms with Crippen molar-refractivity contribution in [1.29, 1.82) is 0 Å². The van der Waals surface area contributed by atoms with E-state index in [4.69, 9.17) is 5.73 Å². The van der Waals surface area contributed by atoms with Crippen molar-refractivity contribution in [2.24, 2.45) is 11.1 Å². The lowest BCUT2D eigenvalue weighted by Crippen LogP contribution is -2.29. The fourth-order valence-electron chi connectivity index (χ4n) is 2.43. The van der Waals surface area contributed by atoms with Gasteiger partial charge in [0, 0.05) is 18.9 Å². The summed E-state index contributed by atoms with van der Waals surface area (Å²) in [4.78, 5) is 12.1. The summed E-state index contributed by atoms with van der Waals surface area (Å²) >= 11 is 0. The molecule has 1 atom stereocenters. The molecule has 0 radical (unpaired) electrons. The average molecular weight is 261 g/mol. The third-order valence-electron chi connectivity index (χ3n) is 3.26. The Balaban J connectivity index is 2.58. The highest BCUT2D eigenvalue weighted by Crippen LogP contribution is 2.21. The molecule has 2 nitrogen and oxygen atoms in total. The maximum atomic E-state index is 12.1. The van der Waals surface area contributed by atoms with E-state index in [1.165, 1.54) is 11.1 Å². The second-order valence-corrected chi connectivity index (χ2v) is 6.87. The van der Waals surface area contributed by atoms with Gasteiger partial charge in [-0.2, -0.15) is 0 Å². The summed E-state index contributed by atoms with van der Waals surface area (Å²) in [7, 11) is 0. The molecule has 0 aromatic heterocycles. The highest BCUT2D eigenvalue weighted by atomic mass is 16.1. The van der Waals surface area contributed by atoms with Gasteiger partial charge in [-0.1, -0.05) is 44.5 Å². The van der Waals surface area contributed by atoms with Crippen LogP contribution in [0, 0.1) is 19.3 Å². The number of rotatable bonds is 5. The highest BCUT2D eigenvalue weighted by Gasteiger charge is 2.18. The van der Waals surface area contributed by atoms with Crippen LogP contribution in [-0.2, 0) is 11.2 Å². The summed E-state index contributed by atoms with van der Waals surface area (Å²) in [5, 5.41) is 0. The molecule has 0 aliphatic carbocycles. The molecule has 19 heavy (non-hydrogen) atoms. The predicted molar refractivity (Wildman–Crippen MR) is 81.3 cm³/mol. The Morgan fingerprint density at radius 3 is 2.47 bits per heavy atom. The quantitative estimate of drug-likeness (QED) is 0.880. The number of aryl methyl sites for hydroxylation is 2. The van der Waals surface area contributed by atoms with Gasteiger partial charge in [-0.05, 0) is 36.8 Å². The second kappa shape index (κ2) is 6.33. The van der Waals surface area contributed by atoms with Crippen molar-refractivity contribution in [3.05, 3.63) is 34.9 Å². The van der Waals surface area contributed by atoms with Crippen LogP contribution < -0.4 is 5.73 Å². The zero-order chi connectivity index (χ0) is 14.6. The number of benzene rings is 1. The van der Waals surface area contributed by atoms with Gasteiger partial charge in [0.05, 0.1) is 0 Å². The van der Waals surface area contributed by atoms with Crippen LogP contribution in [0.4, 0.5) is 0 Å². The topological polar surface area (TPSA) is 43.1 Å². The van der Waals surface area contributed by atoms with Crippen molar-refractivity contribution in [2.45, 2.75) is 59.9 Å². The Bertz CT molecular complexity index is 443. The van der Waals surface area contributed by atoms with Gasteiger partial charge in [0.25, 0.3) is 0 Å². The summed E-state index contributed by atoms with van der Waals surface area (Å²) in [6, 6.07) is 6.22. The lowest BCUT2D eigenvalue weighted by molar-refractivity contribution is -0.118. The normalized spacial score (nSPS) is 13.4. The first-order valence-electron chi connectivity index (χ1n) is 7.01. The van der Waals surface area contributed by atoms with E-state index in [-0.39, 0.29) is 17.2 Å². The molecule has 0 amide bonds. The Hall–Kier alpha value is -1.15. The van der Waals surface area contributed by atoms with Gasteiger partial charge in [0.15, 0.2) is 0 Å². The molecule has 0 aliphatic heterocycles. The number of nitrogens with two attached hydrogens (primary N) is 1. The molecule has 0 heterocycles. The maximum Gasteiger partial charge on any atom is 0.138 e. The largest absolute Gasteiger partial charge is 0.327 e. The van der Waals surface area contributed by atoms with E-state index in [2.05, 4.69) is 52.8 Å². The number of hydrogen-bond donors (Lipinski definition) is 1. The number of hydrogen-bond acceptors (Lipinski definition) is 2. The number of Topliss-reactive ketones (excluding diaryl/α,β-unsaturated/α-hetero) is 1. The van der Waals surface area contributed by atoms with Gasteiger partial charge < -0.3 is 5.73 Å². The van der Waals surface area contributed by atoms with E-state index in [0.29, 0.717) is 12.8 Å². The third-order valence-corrected chi connectivity index (χ3v) is 3.26. The van der Waals surface area contributed by atoms with E-state index in [1.54, 1.807) is 0 Å². The van der Waals surface area contributed by atoms with Crippen LogP contribution in [-0.4, -0.2) is 11.8 Å². The van der Waals surface area contributed by atoms with Crippen molar-refractivity contribution in [3.8, 4) is 0 Å². The molecule has 1 rings (SSSR count). The van der Waals surface area contributed by atoms with Crippen molar-refractivity contribution in [2.75, 3.05) is 0 Å². The van der Waals surface area contributed by atoms with Crippen LogP contribution >= 0.6 is 0 Å². The first kappa shape index (κ1) is 15.9. The third kappa shape index (κ3) is 6.02. The Morgan fingerprint density at radius 1 is 1.26 bits per heavy atom. The predicted octanol–water partition coefficient (Wildman–Crippen LogP) is 3.57. The molecule has 2 heteroatoms. The molecular weight excluding hydrogens is 234 g/mol. The molecule has 0 fully saturated rings. The summed E-state index contributed by atoms with van der Waals surface area (Å²) in [6.07, 6.45) is 1.86. The smallest absolute Gasteiger partial charge is 0.138 e. The summed E-state index contributed by atoms with van der Waals surface area (Å²) in [5.74, 6) is 0.241. The Kier molecular flexibility index (Phi) is 5.30. The number of carbonyl (C=O) groups is 1. The minimum atomic E-state index is -0.0300. The van der Waals surface area contributed by atoms with Gasteiger partial charge in [-0.15, -0.1) is 0 Å². The molecule has 1 unspecified atom stereocenters. The maximum absolute atomic E-state index is 12.1. The SMILES string of the molecule is Cc1ccc(C)c(CC(=O)CC(N)CC(C)(C)C)c1. The zero-order valence-corrected chi connectivity index (χ0v) is 12.9. The zero-order valence-electron chi connectivity index (χ0n) is 12.9. The average Bonchev–Trinajstić information content (AvgIpc) is 2.20. The van der Waals surface area contributed by atoms with E-state index < -0.39 is 0 Å². The molecule has 0 bridgehead atoms. The fourth-order valence-corrected chi connectivity index (χ4v) is 2.43. The monoisotopic (exact) mass is 261 g/mol. The molecule has 106 valence electrons. The van der Waals surface area contributed by atoms with Crippen molar-refractivity contribution in [3.63, 3.8) is 0 Å². The second-order valence-electron chi connectivity index (χ2n) is 6.87. The Labute approximate surface area is 117 Å². The van der Waals surface area contributed by atoms with Gasteiger partial charge in [0.1, 0.15) is 5.78 Å². The van der Waals surface area contributed by atoms with E-state index in [9.17, 15) is 4.79 Å². The summed E-state index contributed by atoms with van der Waals surface area (Å²) in [5.41, 5.74) is 9.76. The molecule has 0 saturated heterocycles.